The van der Waals surface area contributed by atoms with E-state index >= 15 is 0 Å². The Morgan fingerprint density at radius 1 is 1.18 bits per heavy atom. The monoisotopic (exact) mass is 319 g/mol. The van der Waals surface area contributed by atoms with Crippen LogP contribution in [-0.2, 0) is 9.59 Å². The number of thiophene rings is 1. The third kappa shape index (κ3) is 2.05. The van der Waals surface area contributed by atoms with E-state index < -0.39 is 0 Å². The number of rotatable bonds is 2. The van der Waals surface area contributed by atoms with Gasteiger partial charge >= 0.3 is 0 Å². The molecule has 0 spiro atoms. The summed E-state index contributed by atoms with van der Waals surface area (Å²) in [7, 11) is 1.88. The standard InChI is InChI=1S/C16H21N3O2S/c1-18-14-12(13(17-18)11-8-5-9-22-11)15(20)19(16(14)21)10-6-3-2-4-7-10/h5,8-10,12-14,17H,2-4,6-7H2,1H3/t12-,13-,14+/m0/s1. The van der Waals surface area contributed by atoms with Gasteiger partial charge < -0.3 is 0 Å². The van der Waals surface area contributed by atoms with Gasteiger partial charge in [-0.1, -0.05) is 25.3 Å². The number of hydrogen-bond donors (Lipinski definition) is 1. The van der Waals surface area contributed by atoms with E-state index in [4.69, 9.17) is 0 Å². The Labute approximate surface area is 134 Å². The van der Waals surface area contributed by atoms with Crippen LogP contribution in [0.4, 0.5) is 0 Å². The maximum atomic E-state index is 13.0. The first-order chi connectivity index (χ1) is 10.7. The molecule has 22 heavy (non-hydrogen) atoms. The molecular formula is C16H21N3O2S. The van der Waals surface area contributed by atoms with Gasteiger partial charge in [0.05, 0.1) is 12.0 Å². The summed E-state index contributed by atoms with van der Waals surface area (Å²) in [6.07, 6.45) is 5.41. The Balaban J connectivity index is 1.65. The molecule has 0 unspecified atom stereocenters. The van der Waals surface area contributed by atoms with Crippen molar-refractivity contribution < 1.29 is 9.59 Å². The van der Waals surface area contributed by atoms with E-state index in [1.165, 1.54) is 6.42 Å². The summed E-state index contributed by atoms with van der Waals surface area (Å²) in [6.45, 7) is 0. The lowest BCUT2D eigenvalue weighted by Crippen LogP contribution is -2.47. The first-order valence-corrected chi connectivity index (χ1v) is 8.96. The van der Waals surface area contributed by atoms with E-state index in [-0.39, 0.29) is 35.9 Å². The van der Waals surface area contributed by atoms with Crippen molar-refractivity contribution in [3.63, 3.8) is 0 Å². The van der Waals surface area contributed by atoms with Gasteiger partial charge in [-0.05, 0) is 24.3 Å². The Kier molecular flexibility index (Phi) is 3.55. The lowest BCUT2D eigenvalue weighted by atomic mass is 9.93. The molecule has 6 heteroatoms. The van der Waals surface area contributed by atoms with E-state index in [2.05, 4.69) is 5.43 Å². The van der Waals surface area contributed by atoms with Crippen LogP contribution in [0.1, 0.15) is 43.0 Å². The highest BCUT2D eigenvalue weighted by atomic mass is 32.1. The molecule has 1 aliphatic carbocycles. The highest BCUT2D eigenvalue weighted by Crippen LogP contribution is 2.42. The first kappa shape index (κ1) is 14.4. The van der Waals surface area contributed by atoms with Crippen molar-refractivity contribution in [2.45, 2.75) is 50.2 Å². The number of nitrogens with zero attached hydrogens (tertiary/aromatic N) is 2. The summed E-state index contributed by atoms with van der Waals surface area (Å²) in [5.74, 6) is -0.258. The topological polar surface area (TPSA) is 52.7 Å². The third-order valence-electron chi connectivity index (χ3n) is 5.26. The van der Waals surface area contributed by atoms with Crippen molar-refractivity contribution in [3.05, 3.63) is 22.4 Å². The number of fused-ring (bicyclic) bond motifs is 1. The summed E-state index contributed by atoms with van der Waals surface area (Å²) >= 11 is 1.64. The zero-order chi connectivity index (χ0) is 15.3. The number of hydrazine groups is 1. The summed E-state index contributed by atoms with van der Waals surface area (Å²) < 4.78 is 0. The number of imide groups is 1. The molecule has 2 amide bonds. The normalized spacial score (nSPS) is 33.7. The van der Waals surface area contributed by atoms with Crippen molar-refractivity contribution in [1.82, 2.24) is 15.3 Å². The van der Waals surface area contributed by atoms with Gasteiger partial charge in [0.1, 0.15) is 6.04 Å². The summed E-state index contributed by atoms with van der Waals surface area (Å²) in [5.41, 5.74) is 3.32. The predicted octanol–water partition coefficient (Wildman–Crippen LogP) is 1.93. The first-order valence-electron chi connectivity index (χ1n) is 8.08. The summed E-state index contributed by atoms with van der Waals surface area (Å²) in [6, 6.07) is 3.74. The lowest BCUT2D eigenvalue weighted by Gasteiger charge is -2.31. The number of nitrogens with one attached hydrogen (secondary N) is 1. The van der Waals surface area contributed by atoms with E-state index in [0.29, 0.717) is 0 Å². The van der Waals surface area contributed by atoms with Gasteiger partial charge in [0.25, 0.3) is 0 Å². The quantitative estimate of drug-likeness (QED) is 0.846. The molecule has 2 aliphatic heterocycles. The fourth-order valence-electron chi connectivity index (χ4n) is 4.22. The second kappa shape index (κ2) is 5.44. The van der Waals surface area contributed by atoms with Gasteiger partial charge in [0.15, 0.2) is 0 Å². The van der Waals surface area contributed by atoms with Crippen LogP contribution < -0.4 is 5.43 Å². The van der Waals surface area contributed by atoms with Gasteiger partial charge in [0, 0.05) is 18.0 Å². The number of likely N-dealkylation sites (N-methyl/N-ethyl adjacent to an activating group) is 1. The molecule has 118 valence electrons. The van der Waals surface area contributed by atoms with E-state index in [1.807, 2.05) is 29.6 Å². The van der Waals surface area contributed by atoms with E-state index in [9.17, 15) is 9.59 Å². The van der Waals surface area contributed by atoms with E-state index in [1.54, 1.807) is 16.2 Å². The van der Waals surface area contributed by atoms with Crippen molar-refractivity contribution in [1.29, 1.82) is 0 Å². The van der Waals surface area contributed by atoms with Crippen LogP contribution in [-0.4, -0.2) is 40.9 Å². The second-order valence-corrected chi connectivity index (χ2v) is 7.52. The van der Waals surface area contributed by atoms with Gasteiger partial charge in [0.2, 0.25) is 11.8 Å². The van der Waals surface area contributed by atoms with Crippen LogP contribution in [0.3, 0.4) is 0 Å². The number of amides is 2. The fraction of sp³-hybridized carbons (Fsp3) is 0.625. The number of carbonyl (C=O) groups is 2. The minimum Gasteiger partial charge on any atom is -0.278 e. The second-order valence-electron chi connectivity index (χ2n) is 6.54. The molecule has 0 radical (unpaired) electrons. The van der Waals surface area contributed by atoms with E-state index in [0.717, 1.165) is 30.6 Å². The number of hydrogen-bond acceptors (Lipinski definition) is 5. The minimum absolute atomic E-state index is 0.00374. The molecule has 5 nitrogen and oxygen atoms in total. The molecule has 2 saturated heterocycles. The fourth-order valence-corrected chi connectivity index (χ4v) is 5.04. The summed E-state index contributed by atoms with van der Waals surface area (Å²) in [5, 5.41) is 3.86. The number of carbonyl (C=O) groups excluding carboxylic acids is 2. The van der Waals surface area contributed by atoms with Crippen LogP contribution in [0.2, 0.25) is 0 Å². The Morgan fingerprint density at radius 2 is 1.95 bits per heavy atom. The van der Waals surface area contributed by atoms with Gasteiger partial charge in [-0.2, -0.15) is 0 Å². The van der Waals surface area contributed by atoms with Crippen LogP contribution in [0.5, 0.6) is 0 Å². The van der Waals surface area contributed by atoms with Crippen molar-refractivity contribution in [2.75, 3.05) is 7.05 Å². The van der Waals surface area contributed by atoms with Crippen molar-refractivity contribution in [2.24, 2.45) is 5.92 Å². The smallest absolute Gasteiger partial charge is 0.249 e. The SMILES string of the molecule is CN1N[C@@H](c2cccs2)[C@@H]2C(=O)N(C3CCCCC3)C(=O)[C@@H]21. The van der Waals surface area contributed by atoms with Crippen LogP contribution in [0, 0.1) is 5.92 Å². The molecule has 4 rings (SSSR count). The molecule has 3 aliphatic rings. The third-order valence-corrected chi connectivity index (χ3v) is 6.22. The van der Waals surface area contributed by atoms with Gasteiger partial charge in [-0.15, -0.1) is 11.3 Å². The molecule has 1 N–H and O–H groups in total. The van der Waals surface area contributed by atoms with Gasteiger partial charge in [-0.25, -0.2) is 10.4 Å². The molecular weight excluding hydrogens is 298 g/mol. The highest BCUT2D eigenvalue weighted by molar-refractivity contribution is 7.10. The van der Waals surface area contributed by atoms with Crippen molar-refractivity contribution >= 4 is 23.2 Å². The predicted molar refractivity (Wildman–Crippen MR) is 84.0 cm³/mol. The molecule has 1 saturated carbocycles. The zero-order valence-corrected chi connectivity index (χ0v) is 13.5. The van der Waals surface area contributed by atoms with Crippen LogP contribution >= 0.6 is 11.3 Å². The average Bonchev–Trinajstić information content (AvgIpc) is 3.20. The minimum atomic E-state index is -0.346. The molecule has 3 atom stereocenters. The summed E-state index contributed by atoms with van der Waals surface area (Å²) in [4.78, 5) is 28.6. The maximum Gasteiger partial charge on any atom is 0.249 e. The molecule has 1 aromatic rings. The maximum absolute atomic E-state index is 13.0. The molecule has 3 heterocycles. The van der Waals surface area contributed by atoms with Crippen LogP contribution in [0.25, 0.3) is 0 Å². The van der Waals surface area contributed by atoms with Crippen LogP contribution in [0.15, 0.2) is 17.5 Å². The average molecular weight is 319 g/mol. The van der Waals surface area contributed by atoms with Crippen molar-refractivity contribution in [3.8, 4) is 0 Å². The van der Waals surface area contributed by atoms with Gasteiger partial charge in [-0.3, -0.25) is 14.5 Å². The Morgan fingerprint density at radius 3 is 2.64 bits per heavy atom. The molecule has 0 bridgehead atoms. The largest absolute Gasteiger partial charge is 0.278 e. The Bertz CT molecular complexity index is 582. The lowest BCUT2D eigenvalue weighted by molar-refractivity contribution is -0.144. The zero-order valence-electron chi connectivity index (χ0n) is 12.7. The Hall–Kier alpha value is -1.24. The molecule has 0 aromatic carbocycles. The highest BCUT2D eigenvalue weighted by Gasteiger charge is 2.59. The molecule has 3 fully saturated rings. The number of likely N-dealkylation sites (tertiary alicyclic amines) is 1. The molecule has 1 aromatic heterocycles.